The molecular formula is C22H20N2O2S2. The second kappa shape index (κ2) is 8.20. The van der Waals surface area contributed by atoms with Crippen molar-refractivity contribution in [2.24, 2.45) is 0 Å². The van der Waals surface area contributed by atoms with Crippen LogP contribution in [-0.4, -0.2) is 17.6 Å². The third-order valence-corrected chi connectivity index (χ3v) is 6.76. The number of nitrogens with one attached hydrogen (secondary N) is 1. The molecule has 28 heavy (non-hydrogen) atoms. The van der Waals surface area contributed by atoms with E-state index in [4.69, 9.17) is 0 Å². The van der Waals surface area contributed by atoms with E-state index in [1.54, 1.807) is 17.8 Å². The summed E-state index contributed by atoms with van der Waals surface area (Å²) in [5.74, 6) is 0.452. The molecule has 0 aliphatic carbocycles. The Morgan fingerprint density at radius 3 is 2.79 bits per heavy atom. The first kappa shape index (κ1) is 18.8. The van der Waals surface area contributed by atoms with Crippen LogP contribution in [0, 0.1) is 0 Å². The monoisotopic (exact) mass is 408 g/mol. The zero-order valence-corrected chi connectivity index (χ0v) is 17.1. The van der Waals surface area contributed by atoms with Crippen LogP contribution >= 0.6 is 23.1 Å². The summed E-state index contributed by atoms with van der Waals surface area (Å²) in [6, 6.07) is 19.5. The first-order valence-corrected chi connectivity index (χ1v) is 11.1. The molecule has 1 atom stereocenters. The molecule has 1 aliphatic rings. The lowest BCUT2D eigenvalue weighted by Gasteiger charge is -2.26. The standard InChI is InChI=1S/C22H20N2O2S2/c1-2-15-7-3-4-10-18(15)24-20(25)14-28-22(24)16-8-5-9-17(13-16)23-21(26)19-11-6-12-27-19/h3-13,22H,2,14H2,1H3,(H,23,26). The van der Waals surface area contributed by atoms with Crippen LogP contribution in [0.15, 0.2) is 66.0 Å². The molecule has 1 aliphatic heterocycles. The van der Waals surface area contributed by atoms with E-state index >= 15 is 0 Å². The maximum atomic E-state index is 12.7. The summed E-state index contributed by atoms with van der Waals surface area (Å²) >= 11 is 3.03. The molecule has 2 heterocycles. The second-order valence-corrected chi connectivity index (χ2v) is 8.48. The van der Waals surface area contributed by atoms with Crippen molar-refractivity contribution < 1.29 is 9.59 Å². The molecule has 4 nitrogen and oxygen atoms in total. The Morgan fingerprint density at radius 1 is 1.14 bits per heavy atom. The van der Waals surface area contributed by atoms with Crippen molar-refractivity contribution in [1.29, 1.82) is 0 Å². The normalized spacial score (nSPS) is 16.4. The van der Waals surface area contributed by atoms with Gasteiger partial charge in [-0.05, 0) is 47.2 Å². The molecule has 2 aromatic carbocycles. The number of thioether (sulfide) groups is 1. The Bertz CT molecular complexity index is 1000. The predicted molar refractivity (Wildman–Crippen MR) is 117 cm³/mol. The quantitative estimate of drug-likeness (QED) is 0.620. The highest BCUT2D eigenvalue weighted by Crippen LogP contribution is 2.43. The van der Waals surface area contributed by atoms with Crippen LogP contribution in [0.3, 0.4) is 0 Å². The molecule has 1 N–H and O–H groups in total. The van der Waals surface area contributed by atoms with Crippen LogP contribution in [0.4, 0.5) is 11.4 Å². The summed E-state index contributed by atoms with van der Waals surface area (Å²) in [6.07, 6.45) is 0.869. The van der Waals surface area contributed by atoms with Gasteiger partial charge in [0.1, 0.15) is 5.37 Å². The Hall–Kier alpha value is -2.57. The fourth-order valence-electron chi connectivity index (χ4n) is 3.35. The highest BCUT2D eigenvalue weighted by atomic mass is 32.2. The minimum atomic E-state index is -0.115. The predicted octanol–water partition coefficient (Wildman–Crippen LogP) is 5.34. The number of anilines is 2. The highest BCUT2D eigenvalue weighted by Gasteiger charge is 2.35. The van der Waals surface area contributed by atoms with E-state index in [9.17, 15) is 9.59 Å². The summed E-state index contributed by atoms with van der Waals surface area (Å²) in [7, 11) is 0. The van der Waals surface area contributed by atoms with Crippen LogP contribution in [0.25, 0.3) is 0 Å². The van der Waals surface area contributed by atoms with Gasteiger partial charge in [0, 0.05) is 11.4 Å². The number of hydrogen-bond donors (Lipinski definition) is 1. The van der Waals surface area contributed by atoms with E-state index in [0.29, 0.717) is 10.6 Å². The van der Waals surface area contributed by atoms with Gasteiger partial charge in [0.15, 0.2) is 0 Å². The minimum Gasteiger partial charge on any atom is -0.321 e. The van der Waals surface area contributed by atoms with E-state index < -0.39 is 0 Å². The Balaban J connectivity index is 1.62. The van der Waals surface area contributed by atoms with Crippen molar-refractivity contribution in [3.05, 3.63) is 82.0 Å². The van der Waals surface area contributed by atoms with Gasteiger partial charge in [-0.15, -0.1) is 23.1 Å². The van der Waals surface area contributed by atoms with Crippen LogP contribution in [0.2, 0.25) is 0 Å². The van der Waals surface area contributed by atoms with Crippen molar-refractivity contribution >= 4 is 46.3 Å². The van der Waals surface area contributed by atoms with Crippen LogP contribution < -0.4 is 10.2 Å². The van der Waals surface area contributed by atoms with Crippen LogP contribution in [0.5, 0.6) is 0 Å². The second-order valence-electron chi connectivity index (χ2n) is 6.47. The van der Waals surface area contributed by atoms with E-state index in [1.807, 2.05) is 58.8 Å². The molecule has 0 radical (unpaired) electrons. The van der Waals surface area contributed by atoms with E-state index in [0.717, 1.165) is 28.9 Å². The summed E-state index contributed by atoms with van der Waals surface area (Å²) in [5, 5.41) is 4.74. The third-order valence-electron chi connectivity index (χ3n) is 4.67. The smallest absolute Gasteiger partial charge is 0.265 e. The summed E-state index contributed by atoms with van der Waals surface area (Å²) in [4.78, 5) is 27.6. The molecule has 1 saturated heterocycles. The maximum Gasteiger partial charge on any atom is 0.265 e. The lowest BCUT2D eigenvalue weighted by molar-refractivity contribution is -0.115. The number of carbonyl (C=O) groups is 2. The van der Waals surface area contributed by atoms with E-state index in [2.05, 4.69) is 18.3 Å². The molecule has 4 rings (SSSR count). The molecule has 1 unspecified atom stereocenters. The van der Waals surface area contributed by atoms with Crippen molar-refractivity contribution in [2.75, 3.05) is 16.0 Å². The van der Waals surface area contributed by atoms with Gasteiger partial charge in [-0.25, -0.2) is 0 Å². The molecule has 142 valence electrons. The van der Waals surface area contributed by atoms with Gasteiger partial charge in [0.25, 0.3) is 5.91 Å². The third kappa shape index (κ3) is 3.70. The maximum absolute atomic E-state index is 12.7. The molecule has 6 heteroatoms. The van der Waals surface area contributed by atoms with Crippen LogP contribution in [0.1, 0.15) is 33.1 Å². The molecule has 0 spiro atoms. The zero-order valence-electron chi connectivity index (χ0n) is 15.4. The lowest BCUT2D eigenvalue weighted by atomic mass is 10.1. The number of carbonyl (C=O) groups excluding carboxylic acids is 2. The molecular weight excluding hydrogens is 388 g/mol. The largest absolute Gasteiger partial charge is 0.321 e. The summed E-state index contributed by atoms with van der Waals surface area (Å²) in [5.41, 5.74) is 3.87. The zero-order chi connectivity index (χ0) is 19.5. The number of benzene rings is 2. The van der Waals surface area contributed by atoms with E-state index in [1.165, 1.54) is 11.3 Å². The fraction of sp³-hybridized carbons (Fsp3) is 0.182. The first-order valence-electron chi connectivity index (χ1n) is 9.13. The lowest BCUT2D eigenvalue weighted by Crippen LogP contribution is -2.28. The Kier molecular flexibility index (Phi) is 5.50. The number of aryl methyl sites for hydroxylation is 1. The number of nitrogens with zero attached hydrogens (tertiary/aromatic N) is 1. The minimum absolute atomic E-state index is 0.0983. The van der Waals surface area contributed by atoms with Crippen LogP contribution in [-0.2, 0) is 11.2 Å². The molecule has 0 saturated carbocycles. The molecule has 1 fully saturated rings. The molecule has 2 amide bonds. The van der Waals surface area contributed by atoms with Crippen molar-refractivity contribution in [2.45, 2.75) is 18.7 Å². The average molecular weight is 409 g/mol. The van der Waals surface area contributed by atoms with Crippen molar-refractivity contribution in [1.82, 2.24) is 0 Å². The van der Waals surface area contributed by atoms with Crippen molar-refractivity contribution in [3.63, 3.8) is 0 Å². The van der Waals surface area contributed by atoms with Gasteiger partial charge < -0.3 is 5.32 Å². The van der Waals surface area contributed by atoms with Gasteiger partial charge in [0.05, 0.1) is 10.6 Å². The SMILES string of the molecule is CCc1ccccc1N1C(=O)CSC1c1cccc(NC(=O)c2cccs2)c1. The molecule has 3 aromatic rings. The number of hydrogen-bond acceptors (Lipinski definition) is 4. The molecule has 0 bridgehead atoms. The number of amides is 2. The number of rotatable bonds is 5. The highest BCUT2D eigenvalue weighted by molar-refractivity contribution is 8.00. The Labute approximate surface area is 172 Å². The van der Waals surface area contributed by atoms with Gasteiger partial charge >= 0.3 is 0 Å². The van der Waals surface area contributed by atoms with Gasteiger partial charge in [-0.1, -0.05) is 43.3 Å². The number of thiophene rings is 1. The Morgan fingerprint density at radius 2 is 2.00 bits per heavy atom. The topological polar surface area (TPSA) is 49.4 Å². The number of para-hydroxylation sites is 1. The average Bonchev–Trinajstić information content (AvgIpc) is 3.38. The first-order chi connectivity index (χ1) is 13.7. The fourth-order valence-corrected chi connectivity index (χ4v) is 5.12. The molecule has 1 aromatic heterocycles. The summed E-state index contributed by atoms with van der Waals surface area (Å²) in [6.45, 7) is 2.10. The van der Waals surface area contributed by atoms with Crippen molar-refractivity contribution in [3.8, 4) is 0 Å². The van der Waals surface area contributed by atoms with Gasteiger partial charge in [-0.2, -0.15) is 0 Å². The summed E-state index contributed by atoms with van der Waals surface area (Å²) < 4.78 is 0. The van der Waals surface area contributed by atoms with Gasteiger partial charge in [-0.3, -0.25) is 14.5 Å². The van der Waals surface area contributed by atoms with E-state index in [-0.39, 0.29) is 17.2 Å². The van der Waals surface area contributed by atoms with Gasteiger partial charge in [0.2, 0.25) is 5.91 Å².